The Bertz CT molecular complexity index is 881. The molecule has 1 nitrogen and oxygen atoms in total. The summed E-state index contributed by atoms with van der Waals surface area (Å²) < 4.78 is 2.55. The number of nitrogens with zero attached hydrogens (tertiary/aromatic N) is 1. The Hall–Kier alpha value is -2.06. The molecule has 130 valence electrons. The number of fused-ring (bicyclic) bond motifs is 1. The first kappa shape index (κ1) is 17.8. The fourth-order valence-electron chi connectivity index (χ4n) is 3.33. The smallest absolute Gasteiger partial charge is 0.161 e. The van der Waals surface area contributed by atoms with Crippen molar-refractivity contribution in [3.63, 3.8) is 0 Å². The summed E-state index contributed by atoms with van der Waals surface area (Å²) in [7, 11) is -1.61. The van der Waals surface area contributed by atoms with Gasteiger partial charge in [0.2, 0.25) is 0 Å². The number of benzene rings is 2. The van der Waals surface area contributed by atoms with Crippen molar-refractivity contribution in [3.05, 3.63) is 84.6 Å². The summed E-state index contributed by atoms with van der Waals surface area (Å²) in [6.07, 6.45) is 4.33. The van der Waals surface area contributed by atoms with E-state index in [0.29, 0.717) is 5.04 Å². The van der Waals surface area contributed by atoms with Gasteiger partial charge in [-0.15, -0.1) is 6.58 Å². The normalized spacial score (nSPS) is 13.8. The molecule has 0 bridgehead atoms. The van der Waals surface area contributed by atoms with Crippen molar-refractivity contribution >= 4 is 19.1 Å². The molecule has 0 saturated carbocycles. The van der Waals surface area contributed by atoms with Gasteiger partial charge >= 0.3 is 0 Å². The number of hydrogen-bond acceptors (Lipinski definition) is 0. The lowest BCUT2D eigenvalue weighted by molar-refractivity contribution is 0.703. The zero-order valence-electron chi connectivity index (χ0n) is 16.1. The van der Waals surface area contributed by atoms with Crippen LogP contribution in [-0.2, 0) is 0 Å². The Morgan fingerprint density at radius 2 is 1.64 bits per heavy atom. The highest BCUT2D eigenvalue weighted by Crippen LogP contribution is 2.39. The molecule has 1 atom stereocenters. The van der Waals surface area contributed by atoms with Crippen molar-refractivity contribution in [2.45, 2.75) is 44.8 Å². The first-order chi connectivity index (χ1) is 11.8. The lowest BCUT2D eigenvalue weighted by Gasteiger charge is -2.38. The van der Waals surface area contributed by atoms with Crippen LogP contribution in [0.5, 0.6) is 0 Å². The zero-order chi connectivity index (χ0) is 18.2. The minimum absolute atomic E-state index is 0.238. The van der Waals surface area contributed by atoms with Crippen LogP contribution in [0.2, 0.25) is 18.1 Å². The van der Waals surface area contributed by atoms with Crippen LogP contribution >= 0.6 is 0 Å². The Balaban J connectivity index is 2.07. The fourth-order valence-corrected chi connectivity index (χ4v) is 5.30. The summed E-state index contributed by atoms with van der Waals surface area (Å²) in [5.74, 6) is 0.238. The molecule has 1 unspecified atom stereocenters. The molecule has 0 saturated heterocycles. The monoisotopic (exact) mass is 347 g/mol. The third kappa shape index (κ3) is 3.11. The van der Waals surface area contributed by atoms with Gasteiger partial charge in [0, 0.05) is 11.4 Å². The van der Waals surface area contributed by atoms with Crippen molar-refractivity contribution in [1.29, 1.82) is 0 Å². The number of allylic oxidation sites excluding steroid dienone is 1. The van der Waals surface area contributed by atoms with Crippen LogP contribution in [0.4, 0.5) is 0 Å². The van der Waals surface area contributed by atoms with Gasteiger partial charge in [0.15, 0.2) is 8.24 Å². The zero-order valence-corrected chi connectivity index (χ0v) is 17.1. The van der Waals surface area contributed by atoms with Crippen LogP contribution in [-0.4, -0.2) is 12.5 Å². The number of rotatable bonds is 4. The van der Waals surface area contributed by atoms with Gasteiger partial charge in [-0.05, 0) is 45.9 Å². The van der Waals surface area contributed by atoms with E-state index >= 15 is 0 Å². The topological polar surface area (TPSA) is 4.93 Å². The Morgan fingerprint density at radius 1 is 0.960 bits per heavy atom. The maximum absolute atomic E-state index is 4.07. The summed E-state index contributed by atoms with van der Waals surface area (Å²) in [5.41, 5.74) is 3.95. The SMILES string of the molecule is C=CC(c1ccccc1)c1ccc2c(ccn2[Si](C)(C)C(C)(C)C)c1. The van der Waals surface area contributed by atoms with Crippen molar-refractivity contribution in [3.8, 4) is 0 Å². The Labute approximate surface area is 153 Å². The van der Waals surface area contributed by atoms with Crippen LogP contribution in [0.15, 0.2) is 73.4 Å². The maximum Gasteiger partial charge on any atom is 0.161 e. The molecule has 2 aromatic carbocycles. The maximum atomic E-state index is 4.07. The van der Waals surface area contributed by atoms with E-state index in [0.717, 1.165) is 0 Å². The predicted molar refractivity (Wildman–Crippen MR) is 113 cm³/mol. The van der Waals surface area contributed by atoms with E-state index in [2.05, 4.69) is 105 Å². The Kier molecular flexibility index (Phi) is 4.50. The van der Waals surface area contributed by atoms with Crippen LogP contribution < -0.4 is 0 Å². The largest absolute Gasteiger partial charge is 0.374 e. The van der Waals surface area contributed by atoms with Crippen molar-refractivity contribution in [2.24, 2.45) is 0 Å². The van der Waals surface area contributed by atoms with Crippen LogP contribution in [0.25, 0.3) is 10.9 Å². The minimum Gasteiger partial charge on any atom is -0.374 e. The molecule has 0 aliphatic rings. The van der Waals surface area contributed by atoms with E-state index in [1.54, 1.807) is 0 Å². The molecular formula is C23H29NSi. The third-order valence-electron chi connectivity index (χ3n) is 5.91. The average Bonchev–Trinajstić information content (AvgIpc) is 2.99. The van der Waals surface area contributed by atoms with E-state index in [9.17, 15) is 0 Å². The van der Waals surface area contributed by atoms with Gasteiger partial charge in [0.1, 0.15) is 0 Å². The fraction of sp³-hybridized carbons (Fsp3) is 0.304. The molecule has 0 aliphatic carbocycles. The average molecular weight is 348 g/mol. The lowest BCUT2D eigenvalue weighted by atomic mass is 9.91. The first-order valence-electron chi connectivity index (χ1n) is 9.05. The van der Waals surface area contributed by atoms with Gasteiger partial charge in [-0.1, -0.05) is 76.3 Å². The second-order valence-corrected chi connectivity index (χ2v) is 13.5. The first-order valence-corrected chi connectivity index (χ1v) is 12.0. The van der Waals surface area contributed by atoms with Crippen molar-refractivity contribution in [2.75, 3.05) is 0 Å². The summed E-state index contributed by atoms with van der Waals surface area (Å²) >= 11 is 0. The second-order valence-electron chi connectivity index (χ2n) is 8.44. The molecule has 0 amide bonds. The summed E-state index contributed by atoms with van der Waals surface area (Å²) in [6.45, 7) is 16.1. The quantitative estimate of drug-likeness (QED) is 0.361. The standard InChI is InChI=1S/C23H29NSi/c1-7-21(18-11-9-8-10-12-18)19-13-14-22-20(17-19)15-16-24(22)25(5,6)23(2,3)4/h7-17,21H,1H2,2-6H3. The highest BCUT2D eigenvalue weighted by Gasteiger charge is 2.38. The van der Waals surface area contributed by atoms with Gasteiger partial charge < -0.3 is 4.23 Å². The molecule has 3 aromatic rings. The molecule has 0 radical (unpaired) electrons. The van der Waals surface area contributed by atoms with E-state index in [1.807, 2.05) is 6.08 Å². The van der Waals surface area contributed by atoms with Crippen LogP contribution in [0.1, 0.15) is 37.8 Å². The van der Waals surface area contributed by atoms with E-state index in [-0.39, 0.29) is 5.92 Å². The van der Waals surface area contributed by atoms with Gasteiger partial charge in [-0.3, -0.25) is 0 Å². The van der Waals surface area contributed by atoms with Gasteiger partial charge in [-0.2, -0.15) is 0 Å². The molecular weight excluding hydrogens is 318 g/mol. The molecule has 0 fully saturated rings. The van der Waals surface area contributed by atoms with E-state index < -0.39 is 8.24 Å². The Morgan fingerprint density at radius 3 is 2.24 bits per heavy atom. The van der Waals surface area contributed by atoms with Gasteiger partial charge in [-0.25, -0.2) is 0 Å². The molecule has 0 N–H and O–H groups in total. The summed E-state index contributed by atoms with van der Waals surface area (Å²) in [5, 5.41) is 1.63. The summed E-state index contributed by atoms with van der Waals surface area (Å²) in [6, 6.07) is 19.8. The highest BCUT2D eigenvalue weighted by atomic mass is 28.3. The van der Waals surface area contributed by atoms with Gasteiger partial charge in [0.05, 0.1) is 0 Å². The summed E-state index contributed by atoms with van der Waals surface area (Å²) in [4.78, 5) is 0. The number of aromatic nitrogens is 1. The van der Waals surface area contributed by atoms with E-state index in [1.165, 1.54) is 22.0 Å². The molecule has 1 heterocycles. The van der Waals surface area contributed by atoms with E-state index in [4.69, 9.17) is 0 Å². The van der Waals surface area contributed by atoms with Crippen LogP contribution in [0.3, 0.4) is 0 Å². The molecule has 3 rings (SSSR count). The highest BCUT2D eigenvalue weighted by molar-refractivity contribution is 6.79. The number of hydrogen-bond donors (Lipinski definition) is 0. The molecule has 0 aliphatic heterocycles. The lowest BCUT2D eigenvalue weighted by Crippen LogP contribution is -2.44. The molecule has 2 heteroatoms. The molecule has 1 aromatic heterocycles. The third-order valence-corrected chi connectivity index (χ3v) is 11.2. The van der Waals surface area contributed by atoms with Crippen molar-refractivity contribution in [1.82, 2.24) is 4.23 Å². The second kappa shape index (κ2) is 6.34. The van der Waals surface area contributed by atoms with Gasteiger partial charge in [0.25, 0.3) is 0 Å². The molecule has 25 heavy (non-hydrogen) atoms. The minimum atomic E-state index is -1.61. The predicted octanol–water partition coefficient (Wildman–Crippen LogP) is 6.81. The van der Waals surface area contributed by atoms with Crippen molar-refractivity contribution < 1.29 is 0 Å². The van der Waals surface area contributed by atoms with Crippen LogP contribution in [0, 0.1) is 0 Å². The molecule has 0 spiro atoms.